The second-order valence-electron chi connectivity index (χ2n) is 20.5. The van der Waals surface area contributed by atoms with Gasteiger partial charge >= 0.3 is 18.2 Å². The Morgan fingerprint density at radius 1 is 0.563 bits per heavy atom. The van der Waals surface area contributed by atoms with Crippen LogP contribution in [0.15, 0.2) is 28.2 Å². The van der Waals surface area contributed by atoms with Crippen molar-refractivity contribution in [3.05, 3.63) is 23.8 Å². The van der Waals surface area contributed by atoms with E-state index < -0.39 is 29.4 Å². The maximum atomic E-state index is 12.8. The number of ether oxygens (including phenoxy) is 2. The topological polar surface area (TPSA) is 279 Å². The van der Waals surface area contributed by atoms with Gasteiger partial charge in [-0.25, -0.2) is 14.4 Å². The first-order valence-electron chi connectivity index (χ1n) is 25.1. The first-order valence-corrected chi connectivity index (χ1v) is 27.2. The molecule has 0 saturated carbocycles. The van der Waals surface area contributed by atoms with Crippen molar-refractivity contribution < 1.29 is 48.1 Å². The van der Waals surface area contributed by atoms with E-state index in [9.17, 15) is 38.7 Å². The number of guanidine groups is 2. The van der Waals surface area contributed by atoms with Crippen LogP contribution in [0.5, 0.6) is 0 Å². The van der Waals surface area contributed by atoms with Gasteiger partial charge in [-0.1, -0.05) is 25.7 Å². The average Bonchev–Trinajstić information content (AvgIpc) is 4.04. The summed E-state index contributed by atoms with van der Waals surface area (Å²) in [6, 6.07) is 4.95. The fraction of sp³-hybridized carbons (Fsp3) is 0.694. The van der Waals surface area contributed by atoms with E-state index in [4.69, 9.17) is 9.47 Å². The molecule has 5 rings (SSSR count). The van der Waals surface area contributed by atoms with Crippen LogP contribution in [0.4, 0.5) is 21.0 Å². The van der Waals surface area contributed by atoms with Crippen molar-refractivity contribution >= 4 is 88.6 Å². The van der Waals surface area contributed by atoms with E-state index in [1.165, 1.54) is 18.2 Å². The van der Waals surface area contributed by atoms with Crippen molar-refractivity contribution in [3.8, 4) is 0 Å². The molecule has 4 aliphatic rings. The van der Waals surface area contributed by atoms with Crippen molar-refractivity contribution in [2.24, 2.45) is 9.98 Å². The number of rotatable bonds is 25. The Morgan fingerprint density at radius 3 is 1.35 bits per heavy atom. The minimum Gasteiger partial charge on any atom is -0.478 e. The number of benzene rings is 1. The molecule has 0 radical (unpaired) electrons. The summed E-state index contributed by atoms with van der Waals surface area (Å²) in [6.07, 6.45) is 9.29. The van der Waals surface area contributed by atoms with Crippen LogP contribution in [0.2, 0.25) is 0 Å². The Balaban J connectivity index is 0.863. The van der Waals surface area contributed by atoms with Crippen LogP contribution in [0.25, 0.3) is 0 Å². The van der Waals surface area contributed by atoms with Crippen molar-refractivity contribution in [1.29, 1.82) is 0 Å². The number of carbonyl (C=O) groups excluding carboxylic acids is 6. The molecule has 0 bridgehead atoms. The highest BCUT2D eigenvalue weighted by molar-refractivity contribution is 8.00. The molecule has 4 aliphatic heterocycles. The van der Waals surface area contributed by atoms with Crippen LogP contribution in [0, 0.1) is 0 Å². The van der Waals surface area contributed by atoms with E-state index in [2.05, 4.69) is 52.5 Å². The highest BCUT2D eigenvalue weighted by Gasteiger charge is 2.43. The SMILES string of the molecule is CC(C)(C)OC(=O)/N=C1/NC2CSC(CCCCC(=O)NCCCCCC(=O)Nc3cc(NC(=O)CCCCCNC(=O)CCCCC4SCC5N/C(=N\C(=O)OC(C)(C)C)NC54)cc(C(=O)O)c3)C2N1. The number of thioether (sulfide) groups is 2. The molecule has 0 spiro atoms. The van der Waals surface area contributed by atoms with Crippen molar-refractivity contribution in [3.63, 3.8) is 0 Å². The van der Waals surface area contributed by atoms with Gasteiger partial charge in [0.05, 0.1) is 29.7 Å². The first-order chi connectivity index (χ1) is 33.7. The van der Waals surface area contributed by atoms with E-state index in [0.717, 1.165) is 62.9 Å². The average molecular weight is 1030 g/mol. The Hall–Kier alpha value is -5.25. The fourth-order valence-corrected chi connectivity index (χ4v) is 11.7. The zero-order valence-electron chi connectivity index (χ0n) is 42.2. The third-order valence-electron chi connectivity index (χ3n) is 11.9. The van der Waals surface area contributed by atoms with Gasteiger partial charge in [0.25, 0.3) is 0 Å². The van der Waals surface area contributed by atoms with E-state index in [0.29, 0.717) is 74.0 Å². The normalized spacial score (nSPS) is 22.3. The van der Waals surface area contributed by atoms with Gasteiger partial charge in [-0.2, -0.15) is 23.5 Å². The van der Waals surface area contributed by atoms with Crippen LogP contribution in [-0.4, -0.2) is 129 Å². The summed E-state index contributed by atoms with van der Waals surface area (Å²) in [6.45, 7) is 11.8. The second kappa shape index (κ2) is 27.5. The monoisotopic (exact) mass is 1030 g/mol. The van der Waals surface area contributed by atoms with Crippen LogP contribution >= 0.6 is 23.5 Å². The van der Waals surface area contributed by atoms with Gasteiger partial charge in [-0.15, -0.1) is 9.98 Å². The van der Waals surface area contributed by atoms with E-state index >= 15 is 0 Å². The number of hydrogen-bond acceptors (Lipinski definition) is 11. The molecule has 6 amide bonds. The Bertz CT molecular complexity index is 1960. The lowest BCUT2D eigenvalue weighted by molar-refractivity contribution is -0.122. The Kier molecular flexibility index (Phi) is 22.0. The third-order valence-corrected chi connectivity index (χ3v) is 14.9. The van der Waals surface area contributed by atoms with Crippen LogP contribution < -0.4 is 42.5 Å². The molecule has 1 aromatic carbocycles. The standard InChI is InChI=1S/C49H76N10O10S2/c1-48(2,3)68-46(66)58-44-54-33-28-70-35(41(33)56-44)17-11-13-19-37(60)50-23-15-7-9-21-39(62)52-31-25-30(43(64)65)26-32(27-31)53-40(63)22-10-8-16-24-51-38(61)20-14-12-18-36-42-34(29-71-36)55-45(57-42)59-47(67)69-49(4,5)6/h25-27,33-36,41-42H,7-24,28-29H2,1-6H3,(H,50,60)(H,51,61)(H,52,62)(H,53,63)(H,64,65)(H2,54,56,58,66)(H2,55,57,59,67). The number of hydrogen-bond donors (Lipinski definition) is 9. The van der Waals surface area contributed by atoms with Gasteiger partial charge in [-0.3, -0.25) is 19.2 Å². The molecule has 4 heterocycles. The van der Waals surface area contributed by atoms with E-state index in [1.54, 1.807) is 41.5 Å². The number of aliphatic imine (C=N–C) groups is 2. The van der Waals surface area contributed by atoms with E-state index in [-0.39, 0.29) is 77.6 Å². The molecule has 6 unspecified atom stereocenters. The lowest BCUT2D eigenvalue weighted by Crippen LogP contribution is -2.37. The van der Waals surface area contributed by atoms with Gasteiger partial charge in [0.15, 0.2) is 0 Å². The molecule has 9 N–H and O–H groups in total. The summed E-state index contributed by atoms with van der Waals surface area (Å²) in [4.78, 5) is 94.5. The molecular formula is C49H76N10O10S2. The minimum absolute atomic E-state index is 0.00284. The summed E-state index contributed by atoms with van der Waals surface area (Å²) in [5.74, 6) is 0.950. The predicted octanol–water partition coefficient (Wildman–Crippen LogP) is 6.41. The number of carboxylic acids is 1. The molecular weight excluding hydrogens is 953 g/mol. The predicted molar refractivity (Wildman–Crippen MR) is 278 cm³/mol. The first kappa shape index (κ1) is 56.7. The van der Waals surface area contributed by atoms with Crippen LogP contribution in [0.1, 0.15) is 155 Å². The molecule has 22 heteroatoms. The highest BCUT2D eigenvalue weighted by atomic mass is 32.2. The van der Waals surface area contributed by atoms with Gasteiger partial charge in [0.1, 0.15) is 11.2 Å². The number of carboxylic acid groups (broad SMARTS) is 1. The maximum absolute atomic E-state index is 12.8. The van der Waals surface area contributed by atoms with Gasteiger partial charge in [-0.05, 0) is 111 Å². The summed E-state index contributed by atoms with van der Waals surface area (Å²) in [5.41, 5.74) is -0.766. The minimum atomic E-state index is -1.19. The smallest absolute Gasteiger partial charge is 0.437 e. The molecule has 4 fully saturated rings. The van der Waals surface area contributed by atoms with Crippen molar-refractivity contribution in [2.75, 3.05) is 35.2 Å². The third kappa shape index (κ3) is 20.8. The molecule has 4 saturated heterocycles. The van der Waals surface area contributed by atoms with Crippen LogP contribution in [0.3, 0.4) is 0 Å². The fourth-order valence-electron chi connectivity index (χ4n) is 8.61. The van der Waals surface area contributed by atoms with E-state index in [1.807, 2.05) is 23.5 Å². The number of anilines is 2. The van der Waals surface area contributed by atoms with Crippen molar-refractivity contribution in [1.82, 2.24) is 31.9 Å². The zero-order chi connectivity index (χ0) is 51.6. The second-order valence-corrected chi connectivity index (χ2v) is 23.0. The number of aromatic carboxylic acids is 1. The summed E-state index contributed by atoms with van der Waals surface area (Å²) < 4.78 is 10.6. The molecule has 0 aliphatic carbocycles. The van der Waals surface area contributed by atoms with Gasteiger partial charge in [0.2, 0.25) is 35.5 Å². The molecule has 1 aromatic rings. The summed E-state index contributed by atoms with van der Waals surface area (Å²) >= 11 is 3.76. The number of amides is 6. The Labute approximate surface area is 426 Å². The molecule has 0 aromatic heterocycles. The zero-order valence-corrected chi connectivity index (χ0v) is 43.8. The Morgan fingerprint density at radius 2 is 0.958 bits per heavy atom. The van der Waals surface area contributed by atoms with Crippen LogP contribution in [-0.2, 0) is 28.7 Å². The number of fused-ring (bicyclic) bond motifs is 2. The van der Waals surface area contributed by atoms with Gasteiger partial charge in [0, 0.05) is 72.2 Å². The molecule has 394 valence electrons. The molecule has 6 atom stereocenters. The number of unbranched alkanes of at least 4 members (excludes halogenated alkanes) is 6. The van der Waals surface area contributed by atoms with Crippen molar-refractivity contribution in [2.45, 2.75) is 190 Å². The lowest BCUT2D eigenvalue weighted by Gasteiger charge is -2.18. The number of nitrogens with one attached hydrogen (secondary N) is 8. The molecule has 71 heavy (non-hydrogen) atoms. The largest absolute Gasteiger partial charge is 0.478 e. The molecule has 20 nitrogen and oxygen atoms in total. The summed E-state index contributed by atoms with van der Waals surface area (Å²) in [5, 5.41) is 35.0. The lowest BCUT2D eigenvalue weighted by atomic mass is 10.0. The quantitative estimate of drug-likeness (QED) is 0.0479. The van der Waals surface area contributed by atoms with Gasteiger partial charge < -0.3 is 57.1 Å². The summed E-state index contributed by atoms with van der Waals surface area (Å²) in [7, 11) is 0. The number of nitrogens with zero attached hydrogens (tertiary/aromatic N) is 2. The maximum Gasteiger partial charge on any atom is 0.437 e. The highest BCUT2D eigenvalue weighted by Crippen LogP contribution is 2.34. The number of carbonyl (C=O) groups is 7.